The van der Waals surface area contributed by atoms with Crippen LogP contribution in [0.1, 0.15) is 5.56 Å². The summed E-state index contributed by atoms with van der Waals surface area (Å²) >= 11 is 1.55. The quantitative estimate of drug-likeness (QED) is 0.703. The van der Waals surface area contributed by atoms with Crippen LogP contribution < -0.4 is 5.73 Å². The van der Waals surface area contributed by atoms with Crippen LogP contribution in [0.5, 0.6) is 0 Å². The Morgan fingerprint density at radius 3 is 2.45 bits per heavy atom. The standard InChI is InChI=1S/C16H13FN2S/c1-10-8-12(4-7-14(10)17)16-19-15(9-20-16)11-2-5-13(18)6-3-11/h2-9H,18H2,1H3. The first kappa shape index (κ1) is 12.8. The second-order valence-electron chi connectivity index (χ2n) is 4.62. The molecule has 3 aromatic rings. The van der Waals surface area contributed by atoms with Crippen LogP contribution in [0.25, 0.3) is 21.8 Å². The molecule has 4 heteroatoms. The van der Waals surface area contributed by atoms with Gasteiger partial charge in [0.1, 0.15) is 10.8 Å². The van der Waals surface area contributed by atoms with Crippen LogP contribution in [0.4, 0.5) is 10.1 Å². The molecule has 2 N–H and O–H groups in total. The lowest BCUT2D eigenvalue weighted by atomic mass is 10.1. The first-order chi connectivity index (χ1) is 9.63. The minimum absolute atomic E-state index is 0.191. The molecule has 100 valence electrons. The molecule has 0 saturated carbocycles. The monoisotopic (exact) mass is 284 g/mol. The van der Waals surface area contributed by atoms with Gasteiger partial charge in [0, 0.05) is 22.2 Å². The number of rotatable bonds is 2. The van der Waals surface area contributed by atoms with Crippen molar-refractivity contribution in [3.05, 3.63) is 59.2 Å². The third-order valence-corrected chi connectivity index (χ3v) is 4.01. The lowest BCUT2D eigenvalue weighted by molar-refractivity contribution is 0.619. The van der Waals surface area contributed by atoms with Gasteiger partial charge in [-0.3, -0.25) is 0 Å². The molecule has 0 atom stereocenters. The number of thiazole rings is 1. The average Bonchev–Trinajstić information content (AvgIpc) is 2.92. The number of halogens is 1. The number of hydrogen-bond acceptors (Lipinski definition) is 3. The lowest BCUT2D eigenvalue weighted by Gasteiger charge is -2.00. The zero-order valence-corrected chi connectivity index (χ0v) is 11.7. The number of aromatic nitrogens is 1. The second-order valence-corrected chi connectivity index (χ2v) is 5.48. The summed E-state index contributed by atoms with van der Waals surface area (Å²) in [6.45, 7) is 1.76. The van der Waals surface area contributed by atoms with Crippen LogP contribution >= 0.6 is 11.3 Å². The molecular weight excluding hydrogens is 271 g/mol. The summed E-state index contributed by atoms with van der Waals surface area (Å²) < 4.78 is 13.3. The maximum absolute atomic E-state index is 13.3. The van der Waals surface area contributed by atoms with E-state index in [4.69, 9.17) is 5.73 Å². The number of nitrogen functional groups attached to an aromatic ring is 1. The van der Waals surface area contributed by atoms with Gasteiger partial charge < -0.3 is 5.73 Å². The lowest BCUT2D eigenvalue weighted by Crippen LogP contribution is -1.85. The van der Waals surface area contributed by atoms with Gasteiger partial charge in [0.2, 0.25) is 0 Å². The molecule has 1 aromatic heterocycles. The van der Waals surface area contributed by atoms with Crippen molar-refractivity contribution in [2.75, 3.05) is 5.73 Å². The summed E-state index contributed by atoms with van der Waals surface area (Å²) in [6, 6.07) is 12.7. The Bertz CT molecular complexity index is 747. The molecule has 20 heavy (non-hydrogen) atoms. The summed E-state index contributed by atoms with van der Waals surface area (Å²) in [4.78, 5) is 4.61. The van der Waals surface area contributed by atoms with Gasteiger partial charge >= 0.3 is 0 Å². The fourth-order valence-corrected chi connectivity index (χ4v) is 2.80. The molecule has 1 heterocycles. The fourth-order valence-electron chi connectivity index (χ4n) is 1.97. The molecule has 2 aromatic carbocycles. The van der Waals surface area contributed by atoms with Crippen molar-refractivity contribution in [3.63, 3.8) is 0 Å². The number of nitrogens with zero attached hydrogens (tertiary/aromatic N) is 1. The third kappa shape index (κ3) is 2.42. The minimum Gasteiger partial charge on any atom is -0.399 e. The van der Waals surface area contributed by atoms with Crippen molar-refractivity contribution in [1.82, 2.24) is 4.98 Å². The van der Waals surface area contributed by atoms with Crippen LogP contribution in [0.2, 0.25) is 0 Å². The van der Waals surface area contributed by atoms with E-state index in [-0.39, 0.29) is 5.82 Å². The molecule has 3 rings (SSSR count). The van der Waals surface area contributed by atoms with Crippen LogP contribution in [-0.4, -0.2) is 4.98 Å². The maximum atomic E-state index is 13.3. The highest BCUT2D eigenvalue weighted by Gasteiger charge is 2.08. The zero-order chi connectivity index (χ0) is 14.1. The van der Waals surface area contributed by atoms with E-state index in [1.165, 1.54) is 6.07 Å². The summed E-state index contributed by atoms with van der Waals surface area (Å²) in [5, 5.41) is 2.89. The molecular formula is C16H13FN2S. The Morgan fingerprint density at radius 2 is 1.75 bits per heavy atom. The van der Waals surface area contributed by atoms with Crippen molar-refractivity contribution >= 4 is 17.0 Å². The Kier molecular flexibility index (Phi) is 3.24. The largest absolute Gasteiger partial charge is 0.399 e. The number of benzene rings is 2. The smallest absolute Gasteiger partial charge is 0.126 e. The zero-order valence-electron chi connectivity index (χ0n) is 10.9. The molecule has 0 unspecified atom stereocenters. The fraction of sp³-hybridized carbons (Fsp3) is 0.0625. The van der Waals surface area contributed by atoms with Crippen molar-refractivity contribution in [2.45, 2.75) is 6.92 Å². The molecule has 2 nitrogen and oxygen atoms in total. The highest BCUT2D eigenvalue weighted by Crippen LogP contribution is 2.30. The summed E-state index contributed by atoms with van der Waals surface area (Å²) in [5.41, 5.74) is 9.92. The van der Waals surface area contributed by atoms with E-state index in [1.54, 1.807) is 24.3 Å². The van der Waals surface area contributed by atoms with E-state index in [1.807, 2.05) is 35.7 Å². The van der Waals surface area contributed by atoms with Crippen molar-refractivity contribution < 1.29 is 4.39 Å². The van der Waals surface area contributed by atoms with Crippen LogP contribution in [0, 0.1) is 12.7 Å². The van der Waals surface area contributed by atoms with E-state index in [9.17, 15) is 4.39 Å². The number of aryl methyl sites for hydroxylation is 1. The van der Waals surface area contributed by atoms with Gasteiger partial charge in [-0.1, -0.05) is 12.1 Å². The summed E-state index contributed by atoms with van der Waals surface area (Å²) in [5.74, 6) is -0.191. The Labute approximate surface area is 120 Å². The molecule has 0 saturated heterocycles. The van der Waals surface area contributed by atoms with Crippen molar-refractivity contribution in [3.8, 4) is 21.8 Å². The predicted molar refractivity (Wildman–Crippen MR) is 82.1 cm³/mol. The third-order valence-electron chi connectivity index (χ3n) is 3.12. The Balaban J connectivity index is 1.97. The van der Waals surface area contributed by atoms with E-state index in [2.05, 4.69) is 4.98 Å². The predicted octanol–water partition coefficient (Wildman–Crippen LogP) is 4.51. The Hall–Kier alpha value is -2.20. The highest BCUT2D eigenvalue weighted by atomic mass is 32.1. The topological polar surface area (TPSA) is 38.9 Å². The van der Waals surface area contributed by atoms with Gasteiger partial charge in [-0.05, 0) is 42.8 Å². The van der Waals surface area contributed by atoms with E-state index < -0.39 is 0 Å². The van der Waals surface area contributed by atoms with Crippen molar-refractivity contribution in [1.29, 1.82) is 0 Å². The normalized spacial score (nSPS) is 10.7. The number of nitrogens with two attached hydrogens (primary N) is 1. The van der Waals surface area contributed by atoms with Gasteiger partial charge in [0.05, 0.1) is 5.69 Å². The van der Waals surface area contributed by atoms with Crippen LogP contribution in [-0.2, 0) is 0 Å². The van der Waals surface area contributed by atoms with E-state index >= 15 is 0 Å². The van der Waals surface area contributed by atoms with Gasteiger partial charge in [0.15, 0.2) is 0 Å². The molecule has 0 aliphatic rings. The second kappa shape index (κ2) is 5.06. The molecule has 0 bridgehead atoms. The van der Waals surface area contributed by atoms with Gasteiger partial charge in [-0.2, -0.15) is 0 Å². The van der Waals surface area contributed by atoms with Gasteiger partial charge in [-0.15, -0.1) is 11.3 Å². The number of hydrogen-bond donors (Lipinski definition) is 1. The number of anilines is 1. The van der Waals surface area contributed by atoms with Gasteiger partial charge in [-0.25, -0.2) is 9.37 Å². The summed E-state index contributed by atoms with van der Waals surface area (Å²) in [7, 11) is 0. The Morgan fingerprint density at radius 1 is 1.05 bits per heavy atom. The summed E-state index contributed by atoms with van der Waals surface area (Å²) in [6.07, 6.45) is 0. The van der Waals surface area contributed by atoms with Crippen LogP contribution in [0.15, 0.2) is 47.8 Å². The highest BCUT2D eigenvalue weighted by molar-refractivity contribution is 7.13. The maximum Gasteiger partial charge on any atom is 0.126 e. The van der Waals surface area contributed by atoms with Gasteiger partial charge in [0.25, 0.3) is 0 Å². The van der Waals surface area contributed by atoms with E-state index in [0.29, 0.717) is 5.56 Å². The minimum atomic E-state index is -0.191. The molecule has 0 amide bonds. The molecule has 0 radical (unpaired) electrons. The van der Waals surface area contributed by atoms with E-state index in [0.717, 1.165) is 27.5 Å². The van der Waals surface area contributed by atoms with Crippen molar-refractivity contribution in [2.24, 2.45) is 0 Å². The average molecular weight is 284 g/mol. The first-order valence-corrected chi connectivity index (χ1v) is 7.09. The molecule has 0 aliphatic carbocycles. The van der Waals surface area contributed by atoms with Crippen LogP contribution in [0.3, 0.4) is 0 Å². The SMILES string of the molecule is Cc1cc(-c2nc(-c3ccc(N)cc3)cs2)ccc1F. The molecule has 0 spiro atoms. The first-order valence-electron chi connectivity index (χ1n) is 6.21. The molecule has 0 aliphatic heterocycles. The molecule has 0 fully saturated rings.